The standard InChI is InChI=1S/C28H43NOS/c1-7-25-24-19-28(5,6)14-13-23(24)26(31-25)12-9-11-22-17-20(3)27(21(4)18-22)30-16-10-15-29-8-2/h17-18,29H,7-16,19H2,1-6H3. The van der Waals surface area contributed by atoms with Crippen molar-refractivity contribution in [3.05, 3.63) is 49.7 Å². The fourth-order valence-corrected chi connectivity index (χ4v) is 6.39. The molecule has 0 saturated carbocycles. The number of thiophene rings is 1. The molecule has 2 aromatic rings. The maximum absolute atomic E-state index is 6.10. The minimum atomic E-state index is 0.473. The van der Waals surface area contributed by atoms with Gasteiger partial charge in [0.2, 0.25) is 0 Å². The molecule has 0 aliphatic heterocycles. The van der Waals surface area contributed by atoms with Gasteiger partial charge in [-0.05, 0) is 112 Å². The summed E-state index contributed by atoms with van der Waals surface area (Å²) in [5, 5.41) is 3.36. The van der Waals surface area contributed by atoms with Crippen molar-refractivity contribution in [2.24, 2.45) is 5.41 Å². The molecule has 3 rings (SSSR count). The van der Waals surface area contributed by atoms with Gasteiger partial charge in [-0.1, -0.05) is 39.8 Å². The highest BCUT2D eigenvalue weighted by Gasteiger charge is 2.29. The molecule has 0 amide bonds. The SMILES string of the molecule is CCNCCCOc1c(C)cc(CCCc2sc(CC)c3c2CCC(C)(C)C3)cc1C. The number of rotatable bonds is 11. The van der Waals surface area contributed by atoms with Crippen molar-refractivity contribution < 1.29 is 4.74 Å². The lowest BCUT2D eigenvalue weighted by molar-refractivity contribution is 0.304. The van der Waals surface area contributed by atoms with E-state index in [-0.39, 0.29) is 0 Å². The van der Waals surface area contributed by atoms with Crippen LogP contribution in [-0.2, 0) is 32.1 Å². The number of hydrogen-bond donors (Lipinski definition) is 1. The van der Waals surface area contributed by atoms with Crippen molar-refractivity contribution in [1.29, 1.82) is 0 Å². The van der Waals surface area contributed by atoms with Gasteiger partial charge in [-0.3, -0.25) is 0 Å². The van der Waals surface area contributed by atoms with Gasteiger partial charge in [-0.25, -0.2) is 0 Å². The predicted octanol–water partition coefficient (Wildman–Crippen LogP) is 7.00. The Hall–Kier alpha value is -1.32. The molecule has 1 heterocycles. The van der Waals surface area contributed by atoms with Gasteiger partial charge in [-0.15, -0.1) is 11.3 Å². The fourth-order valence-electron chi connectivity index (χ4n) is 5.04. The molecule has 0 bridgehead atoms. The predicted molar refractivity (Wildman–Crippen MR) is 136 cm³/mol. The Balaban J connectivity index is 1.58. The Labute approximate surface area is 194 Å². The van der Waals surface area contributed by atoms with Crippen molar-refractivity contribution in [2.45, 2.75) is 92.9 Å². The summed E-state index contributed by atoms with van der Waals surface area (Å²) in [4.78, 5) is 3.33. The molecule has 31 heavy (non-hydrogen) atoms. The number of aryl methyl sites for hydroxylation is 5. The van der Waals surface area contributed by atoms with Crippen LogP contribution >= 0.6 is 11.3 Å². The number of ether oxygens (including phenoxy) is 1. The molecule has 3 heteroatoms. The molecular weight excluding hydrogens is 398 g/mol. The van der Waals surface area contributed by atoms with E-state index in [0.717, 1.165) is 38.3 Å². The quantitative estimate of drug-likeness (QED) is 0.379. The first-order valence-electron chi connectivity index (χ1n) is 12.4. The van der Waals surface area contributed by atoms with Gasteiger partial charge in [0.15, 0.2) is 0 Å². The van der Waals surface area contributed by atoms with Crippen LogP contribution < -0.4 is 10.1 Å². The summed E-state index contributed by atoms with van der Waals surface area (Å²) < 4.78 is 6.10. The van der Waals surface area contributed by atoms with Gasteiger partial charge in [0.25, 0.3) is 0 Å². The second-order valence-corrected chi connectivity index (χ2v) is 11.3. The Bertz CT molecular complexity index is 841. The number of fused-ring (bicyclic) bond motifs is 1. The second kappa shape index (κ2) is 11.0. The summed E-state index contributed by atoms with van der Waals surface area (Å²) in [5.41, 5.74) is 7.92. The van der Waals surface area contributed by atoms with Gasteiger partial charge >= 0.3 is 0 Å². The molecule has 0 spiro atoms. The van der Waals surface area contributed by atoms with Crippen LogP contribution in [0.25, 0.3) is 0 Å². The highest BCUT2D eigenvalue weighted by Crippen LogP contribution is 2.42. The summed E-state index contributed by atoms with van der Waals surface area (Å²) in [7, 11) is 0. The van der Waals surface area contributed by atoms with Crippen molar-refractivity contribution in [3.63, 3.8) is 0 Å². The van der Waals surface area contributed by atoms with Crippen molar-refractivity contribution >= 4 is 11.3 Å². The highest BCUT2D eigenvalue weighted by molar-refractivity contribution is 7.12. The molecule has 0 saturated heterocycles. The summed E-state index contributed by atoms with van der Waals surface area (Å²) in [5.74, 6) is 1.09. The molecule has 2 nitrogen and oxygen atoms in total. The van der Waals surface area contributed by atoms with E-state index in [4.69, 9.17) is 4.74 Å². The van der Waals surface area contributed by atoms with E-state index in [0.29, 0.717) is 5.41 Å². The van der Waals surface area contributed by atoms with Crippen LogP contribution in [0, 0.1) is 19.3 Å². The molecule has 1 aromatic carbocycles. The third kappa shape index (κ3) is 6.35. The summed E-state index contributed by atoms with van der Waals surface area (Å²) in [6.45, 7) is 16.6. The van der Waals surface area contributed by atoms with E-state index >= 15 is 0 Å². The van der Waals surface area contributed by atoms with Gasteiger partial charge < -0.3 is 10.1 Å². The van der Waals surface area contributed by atoms with Crippen LogP contribution in [0.4, 0.5) is 0 Å². The molecular formula is C28H43NOS. The lowest BCUT2D eigenvalue weighted by Gasteiger charge is -2.30. The maximum atomic E-state index is 6.10. The minimum absolute atomic E-state index is 0.473. The van der Waals surface area contributed by atoms with Gasteiger partial charge in [0.05, 0.1) is 6.61 Å². The molecule has 0 radical (unpaired) electrons. The summed E-state index contributed by atoms with van der Waals surface area (Å²) in [6.07, 6.45) is 9.76. The zero-order valence-corrected chi connectivity index (χ0v) is 21.6. The smallest absolute Gasteiger partial charge is 0.125 e. The number of nitrogens with one attached hydrogen (secondary N) is 1. The molecule has 1 aromatic heterocycles. The molecule has 1 N–H and O–H groups in total. The van der Waals surface area contributed by atoms with E-state index in [2.05, 4.69) is 70.3 Å². The molecule has 1 aliphatic carbocycles. The normalized spacial score (nSPS) is 15.2. The molecule has 0 fully saturated rings. The molecule has 1 aliphatic rings. The monoisotopic (exact) mass is 441 g/mol. The third-order valence-corrected chi connectivity index (χ3v) is 8.17. The highest BCUT2D eigenvalue weighted by atomic mass is 32.1. The first-order chi connectivity index (χ1) is 14.8. The Morgan fingerprint density at radius 2 is 1.74 bits per heavy atom. The average Bonchev–Trinajstić information content (AvgIpc) is 3.05. The van der Waals surface area contributed by atoms with Crippen molar-refractivity contribution in [3.8, 4) is 5.75 Å². The van der Waals surface area contributed by atoms with Gasteiger partial charge in [0, 0.05) is 9.75 Å². The van der Waals surface area contributed by atoms with E-state index in [1.807, 2.05) is 0 Å². The van der Waals surface area contributed by atoms with E-state index in [1.54, 1.807) is 20.9 Å². The van der Waals surface area contributed by atoms with E-state index in [1.165, 1.54) is 55.2 Å². The molecule has 0 unspecified atom stereocenters. The van der Waals surface area contributed by atoms with Gasteiger partial charge in [0.1, 0.15) is 5.75 Å². The Morgan fingerprint density at radius 1 is 1.00 bits per heavy atom. The minimum Gasteiger partial charge on any atom is -0.493 e. The number of benzene rings is 1. The zero-order valence-electron chi connectivity index (χ0n) is 20.7. The third-order valence-electron chi connectivity index (χ3n) is 6.70. The molecule has 172 valence electrons. The van der Waals surface area contributed by atoms with Crippen LogP contribution in [0.3, 0.4) is 0 Å². The second-order valence-electron chi connectivity index (χ2n) is 10.1. The van der Waals surface area contributed by atoms with Crippen LogP contribution in [0.15, 0.2) is 12.1 Å². The Kier molecular flexibility index (Phi) is 8.64. The van der Waals surface area contributed by atoms with Crippen LogP contribution in [0.2, 0.25) is 0 Å². The average molecular weight is 442 g/mol. The van der Waals surface area contributed by atoms with Crippen LogP contribution in [0.5, 0.6) is 5.75 Å². The van der Waals surface area contributed by atoms with Crippen molar-refractivity contribution in [2.75, 3.05) is 19.7 Å². The van der Waals surface area contributed by atoms with Crippen molar-refractivity contribution in [1.82, 2.24) is 5.32 Å². The Morgan fingerprint density at radius 3 is 2.42 bits per heavy atom. The largest absolute Gasteiger partial charge is 0.493 e. The maximum Gasteiger partial charge on any atom is 0.125 e. The van der Waals surface area contributed by atoms with Crippen LogP contribution in [0.1, 0.15) is 84.5 Å². The topological polar surface area (TPSA) is 21.3 Å². The zero-order chi connectivity index (χ0) is 22.4. The summed E-state index contributed by atoms with van der Waals surface area (Å²) >= 11 is 2.11. The lowest BCUT2D eigenvalue weighted by atomic mass is 9.74. The summed E-state index contributed by atoms with van der Waals surface area (Å²) in [6, 6.07) is 4.69. The number of hydrogen-bond acceptors (Lipinski definition) is 3. The van der Waals surface area contributed by atoms with Gasteiger partial charge in [-0.2, -0.15) is 0 Å². The van der Waals surface area contributed by atoms with E-state index in [9.17, 15) is 0 Å². The molecule has 0 atom stereocenters. The van der Waals surface area contributed by atoms with E-state index < -0.39 is 0 Å². The first kappa shape index (κ1) is 24.3. The lowest BCUT2D eigenvalue weighted by Crippen LogP contribution is -2.22. The fraction of sp³-hybridized carbons (Fsp3) is 0.643. The first-order valence-corrected chi connectivity index (χ1v) is 13.2. The van der Waals surface area contributed by atoms with Crippen LogP contribution in [-0.4, -0.2) is 19.7 Å².